The van der Waals surface area contributed by atoms with Gasteiger partial charge in [0, 0.05) is 33.8 Å². The third-order valence-electron chi connectivity index (χ3n) is 6.34. The van der Waals surface area contributed by atoms with Crippen LogP contribution in [0.2, 0.25) is 0 Å². The topological polar surface area (TPSA) is 83.0 Å². The molecule has 1 saturated carbocycles. The van der Waals surface area contributed by atoms with E-state index in [1.54, 1.807) is 14.2 Å². The number of rotatable bonds is 7. The number of methoxy groups -OCH3 is 1. The number of carbonyl (C=O) groups is 2. The number of nitrogens with zero attached hydrogens (tertiary/aromatic N) is 2. The fraction of sp³-hybridized carbons (Fsp3) is 0.762. The zero-order chi connectivity index (χ0) is 20.5. The fourth-order valence-corrected chi connectivity index (χ4v) is 4.78. The van der Waals surface area contributed by atoms with Crippen LogP contribution in [0.15, 0.2) is 17.1 Å². The molecule has 3 rings (SSSR count). The van der Waals surface area contributed by atoms with Gasteiger partial charge in [-0.1, -0.05) is 32.9 Å². The predicted molar refractivity (Wildman–Crippen MR) is 124 cm³/mol. The number of aliphatic imine (C=N–C) groups is 1. The molecule has 0 radical (unpaired) electrons. The van der Waals surface area contributed by atoms with Crippen LogP contribution < -0.4 is 10.6 Å². The van der Waals surface area contributed by atoms with E-state index in [-0.39, 0.29) is 71.0 Å². The van der Waals surface area contributed by atoms with E-state index in [0.717, 1.165) is 6.42 Å². The second-order valence-electron chi connectivity index (χ2n) is 9.15. The molecule has 2 bridgehead atoms. The maximum absolute atomic E-state index is 12.7. The van der Waals surface area contributed by atoms with E-state index in [4.69, 9.17) is 4.74 Å². The lowest BCUT2D eigenvalue weighted by Crippen LogP contribution is -2.45. The van der Waals surface area contributed by atoms with Crippen LogP contribution in [0.25, 0.3) is 0 Å². The van der Waals surface area contributed by atoms with Crippen LogP contribution in [0.3, 0.4) is 0 Å². The number of halogens is 1. The first-order valence-corrected chi connectivity index (χ1v) is 10.3. The average Bonchev–Trinajstić information content (AvgIpc) is 3.31. The quantitative estimate of drug-likeness (QED) is 0.135. The first-order valence-electron chi connectivity index (χ1n) is 10.3. The highest BCUT2D eigenvalue weighted by Gasteiger charge is 2.58. The van der Waals surface area contributed by atoms with Crippen LogP contribution in [0.1, 0.15) is 33.6 Å². The lowest BCUT2D eigenvalue weighted by Gasteiger charge is -2.30. The van der Waals surface area contributed by atoms with Crippen LogP contribution >= 0.6 is 24.0 Å². The van der Waals surface area contributed by atoms with Crippen molar-refractivity contribution >= 4 is 41.8 Å². The average molecular weight is 518 g/mol. The Balaban J connectivity index is 0.00000300. The molecule has 2 amide bonds. The number of nitrogens with one attached hydrogen (secondary N) is 2. The van der Waals surface area contributed by atoms with Gasteiger partial charge in [-0.3, -0.25) is 19.5 Å². The summed E-state index contributed by atoms with van der Waals surface area (Å²) in [5.74, 6) is 1.10. The summed E-state index contributed by atoms with van der Waals surface area (Å²) in [4.78, 5) is 31.1. The first-order chi connectivity index (χ1) is 13.3. The molecule has 1 aliphatic heterocycles. The molecule has 5 unspecified atom stereocenters. The Hall–Kier alpha value is -1.16. The standard InChI is InChI=1S/C21H34N4O3.HI/c1-21(2,3)15(28-5)12-24-20(22-4)23-9-6-10-25-18(26)16-13-7-8-14(11-13)17(16)19(25)27;/h7-8,13-17H,6,9-12H2,1-5H3,(H2,22,23,24);1H. The Morgan fingerprint density at radius 3 is 2.28 bits per heavy atom. The van der Waals surface area contributed by atoms with E-state index < -0.39 is 0 Å². The molecule has 7 nitrogen and oxygen atoms in total. The van der Waals surface area contributed by atoms with Gasteiger partial charge in [0.15, 0.2) is 5.96 Å². The smallest absolute Gasteiger partial charge is 0.233 e. The van der Waals surface area contributed by atoms with Crippen molar-refractivity contribution in [1.29, 1.82) is 0 Å². The summed E-state index contributed by atoms with van der Waals surface area (Å²) < 4.78 is 5.55. The Kier molecular flexibility index (Phi) is 8.12. The van der Waals surface area contributed by atoms with E-state index >= 15 is 0 Å². The molecule has 0 aromatic heterocycles. The van der Waals surface area contributed by atoms with Crippen LogP contribution in [0.4, 0.5) is 0 Å². The fourth-order valence-electron chi connectivity index (χ4n) is 4.78. The van der Waals surface area contributed by atoms with Gasteiger partial charge in [0.2, 0.25) is 11.8 Å². The van der Waals surface area contributed by atoms with Crippen molar-refractivity contribution in [3.8, 4) is 0 Å². The minimum Gasteiger partial charge on any atom is -0.379 e. The Labute approximate surface area is 191 Å². The molecule has 0 aromatic carbocycles. The molecule has 1 saturated heterocycles. The highest BCUT2D eigenvalue weighted by atomic mass is 127. The highest BCUT2D eigenvalue weighted by molar-refractivity contribution is 14.0. The summed E-state index contributed by atoms with van der Waals surface area (Å²) in [5, 5.41) is 6.54. The Morgan fingerprint density at radius 2 is 1.79 bits per heavy atom. The summed E-state index contributed by atoms with van der Waals surface area (Å²) in [5.41, 5.74) is 0.0312. The van der Waals surface area contributed by atoms with Crippen molar-refractivity contribution < 1.29 is 14.3 Å². The van der Waals surface area contributed by atoms with Crippen molar-refractivity contribution in [2.75, 3.05) is 33.8 Å². The molecule has 1 heterocycles. The number of hydrogen-bond donors (Lipinski definition) is 2. The third-order valence-corrected chi connectivity index (χ3v) is 6.34. The van der Waals surface area contributed by atoms with Gasteiger partial charge in [-0.25, -0.2) is 0 Å². The van der Waals surface area contributed by atoms with Crippen LogP contribution in [-0.4, -0.2) is 62.6 Å². The minimum absolute atomic E-state index is 0. The number of hydrogen-bond acceptors (Lipinski definition) is 4. The molecule has 0 spiro atoms. The van der Waals surface area contributed by atoms with Gasteiger partial charge in [-0.05, 0) is 30.1 Å². The summed E-state index contributed by atoms with van der Waals surface area (Å²) in [7, 11) is 3.45. The molecule has 29 heavy (non-hydrogen) atoms. The molecule has 2 aliphatic carbocycles. The van der Waals surface area contributed by atoms with Gasteiger partial charge in [0.1, 0.15) is 0 Å². The molecule has 164 valence electrons. The summed E-state index contributed by atoms with van der Waals surface area (Å²) in [6.45, 7) is 8.18. The highest BCUT2D eigenvalue weighted by Crippen LogP contribution is 2.52. The van der Waals surface area contributed by atoms with Gasteiger partial charge in [-0.2, -0.15) is 0 Å². The van der Waals surface area contributed by atoms with E-state index in [1.165, 1.54) is 4.90 Å². The molecule has 3 aliphatic rings. The monoisotopic (exact) mass is 518 g/mol. The predicted octanol–water partition coefficient (Wildman–Crippen LogP) is 2.03. The van der Waals surface area contributed by atoms with Gasteiger partial charge in [0.25, 0.3) is 0 Å². The normalized spacial score (nSPS) is 29.1. The van der Waals surface area contributed by atoms with E-state index in [2.05, 4.69) is 48.5 Å². The molecule has 2 N–H and O–H groups in total. The number of likely N-dealkylation sites (tertiary alicyclic amines) is 1. The van der Waals surface area contributed by atoms with Gasteiger partial charge in [0.05, 0.1) is 17.9 Å². The van der Waals surface area contributed by atoms with E-state index in [0.29, 0.717) is 32.0 Å². The molecule has 0 aromatic rings. The van der Waals surface area contributed by atoms with Crippen molar-refractivity contribution in [2.45, 2.75) is 39.7 Å². The van der Waals surface area contributed by atoms with Crippen LogP contribution in [0.5, 0.6) is 0 Å². The number of amides is 2. The maximum Gasteiger partial charge on any atom is 0.233 e. The number of imide groups is 1. The van der Waals surface area contributed by atoms with Gasteiger partial charge < -0.3 is 15.4 Å². The third kappa shape index (κ3) is 4.95. The van der Waals surface area contributed by atoms with Crippen LogP contribution in [0, 0.1) is 29.1 Å². The molecule has 8 heteroatoms. The number of carbonyl (C=O) groups excluding carboxylic acids is 2. The number of guanidine groups is 1. The zero-order valence-corrected chi connectivity index (χ0v) is 20.4. The summed E-state index contributed by atoms with van der Waals surface area (Å²) in [6, 6.07) is 0. The van der Waals surface area contributed by atoms with Gasteiger partial charge >= 0.3 is 0 Å². The Morgan fingerprint density at radius 1 is 1.21 bits per heavy atom. The number of fused-ring (bicyclic) bond motifs is 5. The lowest BCUT2D eigenvalue weighted by molar-refractivity contribution is -0.140. The molecular formula is C21H35IN4O3. The van der Waals surface area contributed by atoms with Crippen molar-refractivity contribution in [1.82, 2.24) is 15.5 Å². The molecular weight excluding hydrogens is 483 g/mol. The van der Waals surface area contributed by atoms with Crippen LogP contribution in [-0.2, 0) is 14.3 Å². The summed E-state index contributed by atoms with van der Waals surface area (Å²) >= 11 is 0. The zero-order valence-electron chi connectivity index (χ0n) is 18.1. The van der Waals surface area contributed by atoms with Crippen molar-refractivity contribution in [3.05, 3.63) is 12.2 Å². The minimum atomic E-state index is -0.103. The second kappa shape index (κ2) is 9.76. The largest absolute Gasteiger partial charge is 0.379 e. The van der Waals surface area contributed by atoms with Crippen molar-refractivity contribution in [2.24, 2.45) is 34.1 Å². The number of ether oxygens (including phenoxy) is 1. The number of allylic oxidation sites excluding steroid dienone is 2. The maximum atomic E-state index is 12.7. The van der Waals surface area contributed by atoms with E-state index in [1.807, 2.05) is 0 Å². The lowest BCUT2D eigenvalue weighted by atomic mass is 9.85. The first kappa shape index (κ1) is 24.1. The second-order valence-corrected chi connectivity index (χ2v) is 9.15. The van der Waals surface area contributed by atoms with Crippen molar-refractivity contribution in [3.63, 3.8) is 0 Å². The molecule has 5 atom stereocenters. The molecule has 2 fully saturated rings. The SMILES string of the molecule is CN=C(NCCCN1C(=O)C2C3C=CC(C3)C2C1=O)NCC(OC)C(C)(C)C.I. The summed E-state index contributed by atoms with van der Waals surface area (Å²) in [6.07, 6.45) is 5.99. The van der Waals surface area contributed by atoms with Gasteiger partial charge in [-0.15, -0.1) is 24.0 Å². The Bertz CT molecular complexity index is 643. The van der Waals surface area contributed by atoms with E-state index in [9.17, 15) is 9.59 Å².